The first-order chi connectivity index (χ1) is 7.90. The lowest BCUT2D eigenvalue weighted by atomic mass is 10.1. The van der Waals surface area contributed by atoms with Gasteiger partial charge in [0.2, 0.25) is 0 Å². The Hall–Kier alpha value is -0.380. The molecule has 1 aromatic heterocycles. The van der Waals surface area contributed by atoms with Gasteiger partial charge in [0.15, 0.2) is 0 Å². The van der Waals surface area contributed by atoms with Crippen molar-refractivity contribution in [1.29, 1.82) is 0 Å². The van der Waals surface area contributed by atoms with Gasteiger partial charge >= 0.3 is 0 Å². The quantitative estimate of drug-likeness (QED) is 0.744. The Morgan fingerprint density at radius 2 is 2.50 bits per heavy atom. The lowest BCUT2D eigenvalue weighted by Crippen LogP contribution is -2.26. The molecule has 0 amide bonds. The second-order valence-corrected chi connectivity index (χ2v) is 5.48. The summed E-state index contributed by atoms with van der Waals surface area (Å²) in [5.41, 5.74) is 1.51. The molecule has 16 heavy (non-hydrogen) atoms. The molecule has 1 saturated heterocycles. The predicted molar refractivity (Wildman–Crippen MR) is 71.0 cm³/mol. The molecule has 0 bridgehead atoms. The summed E-state index contributed by atoms with van der Waals surface area (Å²) in [5, 5.41) is 9.30. The van der Waals surface area contributed by atoms with Crippen molar-refractivity contribution in [3.63, 3.8) is 0 Å². The van der Waals surface area contributed by atoms with Gasteiger partial charge in [-0.1, -0.05) is 6.92 Å². The summed E-state index contributed by atoms with van der Waals surface area (Å²) in [6, 6.07) is 3.02. The Kier molecular flexibility index (Phi) is 4.82. The summed E-state index contributed by atoms with van der Waals surface area (Å²) in [5.74, 6) is 0. The highest BCUT2D eigenvalue weighted by atomic mass is 32.1. The van der Waals surface area contributed by atoms with Crippen molar-refractivity contribution in [2.24, 2.45) is 0 Å². The monoisotopic (exact) mass is 238 g/mol. The molecule has 1 aromatic rings. The van der Waals surface area contributed by atoms with Crippen LogP contribution in [-0.2, 0) is 13.0 Å². The molecule has 1 atom stereocenters. The lowest BCUT2D eigenvalue weighted by Gasteiger charge is -2.10. The van der Waals surface area contributed by atoms with E-state index in [0.29, 0.717) is 0 Å². The molecule has 2 rings (SSSR count). The minimum Gasteiger partial charge on any atom is -0.314 e. The Balaban J connectivity index is 1.64. The van der Waals surface area contributed by atoms with Crippen LogP contribution in [0.3, 0.4) is 0 Å². The van der Waals surface area contributed by atoms with Crippen LogP contribution in [0, 0.1) is 0 Å². The van der Waals surface area contributed by atoms with Crippen molar-refractivity contribution in [3.8, 4) is 0 Å². The van der Waals surface area contributed by atoms with Crippen LogP contribution in [0.5, 0.6) is 0 Å². The molecule has 3 heteroatoms. The molecule has 2 nitrogen and oxygen atoms in total. The van der Waals surface area contributed by atoms with Crippen LogP contribution in [0.1, 0.15) is 36.6 Å². The Morgan fingerprint density at radius 3 is 3.25 bits per heavy atom. The SMILES string of the molecule is CCc1ccsc1CNCCC1CCCN1. The summed E-state index contributed by atoms with van der Waals surface area (Å²) in [4.78, 5) is 1.52. The van der Waals surface area contributed by atoms with Crippen molar-refractivity contribution in [1.82, 2.24) is 10.6 Å². The molecule has 1 aliphatic rings. The Bertz CT molecular complexity index is 303. The molecule has 2 N–H and O–H groups in total. The predicted octanol–water partition coefficient (Wildman–Crippen LogP) is 2.54. The first kappa shape index (κ1) is 12.1. The van der Waals surface area contributed by atoms with Gasteiger partial charge in [-0.3, -0.25) is 0 Å². The molecule has 0 aliphatic carbocycles. The van der Waals surface area contributed by atoms with Crippen molar-refractivity contribution < 1.29 is 0 Å². The van der Waals surface area contributed by atoms with Gasteiger partial charge in [-0.2, -0.15) is 0 Å². The van der Waals surface area contributed by atoms with Gasteiger partial charge in [0.25, 0.3) is 0 Å². The second-order valence-electron chi connectivity index (χ2n) is 4.48. The maximum atomic E-state index is 3.56. The number of thiophene rings is 1. The molecule has 1 aliphatic heterocycles. The van der Waals surface area contributed by atoms with E-state index in [2.05, 4.69) is 29.0 Å². The second kappa shape index (κ2) is 6.38. The van der Waals surface area contributed by atoms with Gasteiger partial charge in [0.1, 0.15) is 0 Å². The van der Waals surface area contributed by atoms with Gasteiger partial charge in [0, 0.05) is 17.5 Å². The normalized spacial score (nSPS) is 20.4. The third-order valence-corrected chi connectivity index (χ3v) is 4.30. The van der Waals surface area contributed by atoms with Crippen molar-refractivity contribution in [3.05, 3.63) is 21.9 Å². The van der Waals surface area contributed by atoms with Crippen molar-refractivity contribution >= 4 is 11.3 Å². The average Bonchev–Trinajstić information content (AvgIpc) is 2.95. The number of hydrogen-bond donors (Lipinski definition) is 2. The summed E-state index contributed by atoms with van der Waals surface area (Å²) < 4.78 is 0. The maximum absolute atomic E-state index is 3.56. The zero-order valence-corrected chi connectivity index (χ0v) is 10.9. The zero-order chi connectivity index (χ0) is 11.2. The molecule has 0 radical (unpaired) electrons. The van der Waals surface area contributed by atoms with Crippen molar-refractivity contribution in [2.75, 3.05) is 13.1 Å². The van der Waals surface area contributed by atoms with E-state index in [-0.39, 0.29) is 0 Å². The van der Waals surface area contributed by atoms with E-state index in [1.54, 1.807) is 0 Å². The van der Waals surface area contributed by atoms with Crippen LogP contribution in [-0.4, -0.2) is 19.1 Å². The lowest BCUT2D eigenvalue weighted by molar-refractivity contribution is 0.524. The van der Waals surface area contributed by atoms with E-state index in [1.807, 2.05) is 11.3 Å². The van der Waals surface area contributed by atoms with E-state index in [9.17, 15) is 0 Å². The van der Waals surface area contributed by atoms with Gasteiger partial charge in [-0.05, 0) is 55.8 Å². The fraction of sp³-hybridized carbons (Fsp3) is 0.692. The van der Waals surface area contributed by atoms with Gasteiger partial charge in [-0.25, -0.2) is 0 Å². The largest absolute Gasteiger partial charge is 0.314 e. The van der Waals surface area contributed by atoms with Crippen LogP contribution < -0.4 is 10.6 Å². The topological polar surface area (TPSA) is 24.1 Å². The molecular formula is C13H22N2S. The van der Waals surface area contributed by atoms with E-state index in [4.69, 9.17) is 0 Å². The maximum Gasteiger partial charge on any atom is 0.0302 e. The number of hydrogen-bond acceptors (Lipinski definition) is 3. The molecule has 1 unspecified atom stereocenters. The Labute approximate surface area is 102 Å². The summed E-state index contributed by atoms with van der Waals surface area (Å²) in [6.45, 7) is 5.63. The van der Waals surface area contributed by atoms with Crippen LogP contribution in [0.4, 0.5) is 0 Å². The number of nitrogens with one attached hydrogen (secondary N) is 2. The van der Waals surface area contributed by atoms with E-state index in [0.717, 1.165) is 25.6 Å². The highest BCUT2D eigenvalue weighted by molar-refractivity contribution is 7.10. The standard InChI is InChI=1S/C13H22N2S/c1-2-11-6-9-16-13(11)10-14-8-5-12-4-3-7-15-12/h6,9,12,14-15H,2-5,7-8,10H2,1H3. The average molecular weight is 238 g/mol. The molecule has 0 spiro atoms. The summed E-state index contributed by atoms with van der Waals surface area (Å²) in [7, 11) is 0. The van der Waals surface area contributed by atoms with E-state index in [1.165, 1.54) is 36.2 Å². The summed E-state index contributed by atoms with van der Waals surface area (Å²) in [6.07, 6.45) is 5.15. The van der Waals surface area contributed by atoms with Crippen LogP contribution >= 0.6 is 11.3 Å². The molecule has 1 fully saturated rings. The van der Waals surface area contributed by atoms with E-state index >= 15 is 0 Å². The molecule has 2 heterocycles. The van der Waals surface area contributed by atoms with Crippen LogP contribution in [0.15, 0.2) is 11.4 Å². The zero-order valence-electron chi connectivity index (χ0n) is 10.1. The van der Waals surface area contributed by atoms with Crippen molar-refractivity contribution in [2.45, 2.75) is 45.2 Å². The number of aryl methyl sites for hydroxylation is 1. The highest BCUT2D eigenvalue weighted by Gasteiger charge is 2.12. The smallest absolute Gasteiger partial charge is 0.0302 e. The third-order valence-electron chi connectivity index (χ3n) is 3.34. The van der Waals surface area contributed by atoms with Gasteiger partial charge < -0.3 is 10.6 Å². The van der Waals surface area contributed by atoms with E-state index < -0.39 is 0 Å². The summed E-state index contributed by atoms with van der Waals surface area (Å²) >= 11 is 1.88. The highest BCUT2D eigenvalue weighted by Crippen LogP contribution is 2.17. The van der Waals surface area contributed by atoms with Crippen LogP contribution in [0.25, 0.3) is 0 Å². The van der Waals surface area contributed by atoms with Gasteiger partial charge in [-0.15, -0.1) is 11.3 Å². The minimum atomic E-state index is 0.765. The minimum absolute atomic E-state index is 0.765. The Morgan fingerprint density at radius 1 is 1.56 bits per heavy atom. The fourth-order valence-corrected chi connectivity index (χ4v) is 3.26. The molecule has 0 aromatic carbocycles. The first-order valence-corrected chi connectivity index (χ1v) is 7.27. The molecular weight excluding hydrogens is 216 g/mol. The third kappa shape index (κ3) is 3.30. The molecule has 0 saturated carbocycles. The van der Waals surface area contributed by atoms with Crippen LogP contribution in [0.2, 0.25) is 0 Å². The van der Waals surface area contributed by atoms with Gasteiger partial charge in [0.05, 0.1) is 0 Å². The fourth-order valence-electron chi connectivity index (χ4n) is 2.32. The number of rotatable bonds is 6. The molecule has 90 valence electrons. The first-order valence-electron chi connectivity index (χ1n) is 6.39.